The van der Waals surface area contributed by atoms with Gasteiger partial charge in [0.25, 0.3) is 0 Å². The van der Waals surface area contributed by atoms with E-state index in [-0.39, 0.29) is 0 Å². The van der Waals surface area contributed by atoms with Crippen LogP contribution in [0, 0.1) is 0 Å². The number of rotatable bonds is 1. The molecule has 0 atom stereocenters. The Balaban J connectivity index is 2.55. The number of primary sulfonamides is 1. The Morgan fingerprint density at radius 3 is 2.07 bits per heavy atom. The van der Waals surface area contributed by atoms with E-state index in [4.69, 9.17) is 0 Å². The van der Waals surface area contributed by atoms with Crippen molar-refractivity contribution in [2.45, 2.75) is 11.4 Å². The van der Waals surface area contributed by atoms with Crippen molar-refractivity contribution < 1.29 is 26.4 Å². The number of likely N-dealkylation sites (tertiary alicyclic amines) is 1. The van der Waals surface area contributed by atoms with E-state index in [1.54, 1.807) is 0 Å². The molecule has 5 nitrogen and oxygen atoms in total. The summed E-state index contributed by atoms with van der Waals surface area (Å²) in [5.41, 5.74) is 0. The topological polar surface area (TPSA) is 80.5 Å². The maximum absolute atomic E-state index is 11.8. The van der Waals surface area contributed by atoms with E-state index in [0.717, 1.165) is 0 Å². The molecule has 0 unspecified atom stereocenters. The van der Waals surface area contributed by atoms with Crippen LogP contribution in [-0.2, 0) is 14.8 Å². The van der Waals surface area contributed by atoms with Gasteiger partial charge in [0.05, 0.1) is 0 Å². The molecule has 1 saturated heterocycles. The van der Waals surface area contributed by atoms with Gasteiger partial charge < -0.3 is 4.90 Å². The molecule has 2 N–H and O–H groups in total. The Morgan fingerprint density at radius 1 is 1.36 bits per heavy atom. The average molecular weight is 232 g/mol. The molecule has 0 spiro atoms. The minimum absolute atomic E-state index is 0.398. The van der Waals surface area contributed by atoms with E-state index in [1.165, 1.54) is 0 Å². The van der Waals surface area contributed by atoms with Gasteiger partial charge in [-0.25, -0.2) is 13.6 Å². The van der Waals surface area contributed by atoms with Gasteiger partial charge in [-0.15, -0.1) is 0 Å². The van der Waals surface area contributed by atoms with E-state index in [2.05, 4.69) is 5.14 Å². The number of carbonyl (C=O) groups excluding carboxylic acids is 1. The molecule has 9 heteroatoms. The number of carbonyl (C=O) groups is 1. The van der Waals surface area contributed by atoms with E-state index >= 15 is 0 Å². The minimum atomic E-state index is -4.96. The van der Waals surface area contributed by atoms with Gasteiger partial charge in [-0.2, -0.15) is 13.2 Å². The minimum Gasteiger partial charge on any atom is -0.332 e. The molecule has 0 radical (unpaired) electrons. The third-order valence-electron chi connectivity index (χ3n) is 1.84. The number of halogens is 3. The normalized spacial score (nSPS) is 19.3. The molecule has 0 bridgehead atoms. The van der Waals surface area contributed by atoms with Gasteiger partial charge in [0.2, 0.25) is 10.0 Å². The first-order valence-electron chi connectivity index (χ1n) is 3.50. The number of alkyl halides is 3. The Kier molecular flexibility index (Phi) is 2.48. The van der Waals surface area contributed by atoms with Crippen molar-refractivity contribution in [2.75, 3.05) is 13.1 Å². The maximum Gasteiger partial charge on any atom is 0.471 e. The summed E-state index contributed by atoms with van der Waals surface area (Å²) in [7, 11) is -3.84. The number of amides is 1. The van der Waals surface area contributed by atoms with Crippen molar-refractivity contribution >= 4 is 15.9 Å². The van der Waals surface area contributed by atoms with Crippen LogP contribution < -0.4 is 5.14 Å². The maximum atomic E-state index is 11.8. The molecule has 1 aliphatic heterocycles. The van der Waals surface area contributed by atoms with Gasteiger partial charge in [0.1, 0.15) is 5.25 Å². The Labute approximate surface area is 77.7 Å². The molecule has 1 aliphatic rings. The highest BCUT2D eigenvalue weighted by molar-refractivity contribution is 7.89. The third kappa shape index (κ3) is 2.15. The zero-order valence-electron chi connectivity index (χ0n) is 6.78. The molecule has 0 aromatic carbocycles. The fraction of sp³-hybridized carbons (Fsp3) is 0.800. The van der Waals surface area contributed by atoms with E-state index < -0.39 is 40.4 Å². The van der Waals surface area contributed by atoms with Crippen LogP contribution in [0.2, 0.25) is 0 Å². The third-order valence-corrected chi connectivity index (χ3v) is 3.07. The largest absolute Gasteiger partial charge is 0.471 e. The Morgan fingerprint density at radius 2 is 1.79 bits per heavy atom. The first kappa shape index (κ1) is 11.2. The highest BCUT2D eigenvalue weighted by Gasteiger charge is 2.48. The number of hydrogen-bond donors (Lipinski definition) is 1. The predicted octanol–water partition coefficient (Wildman–Crippen LogP) is -0.952. The second-order valence-electron chi connectivity index (χ2n) is 2.92. The Hall–Kier alpha value is -0.830. The lowest BCUT2D eigenvalue weighted by Gasteiger charge is -2.37. The average Bonchev–Trinajstić information content (AvgIpc) is 1.77. The van der Waals surface area contributed by atoms with Crippen LogP contribution in [0.15, 0.2) is 0 Å². The standard InChI is InChI=1S/C5H7F3N2O3S/c6-5(7,8)4(11)10-1-3(2-10)14(9,12)13/h3H,1-2H2,(H2,9,12,13). The van der Waals surface area contributed by atoms with Crippen molar-refractivity contribution in [1.29, 1.82) is 0 Å². The Bertz CT molecular complexity index is 344. The highest BCUT2D eigenvalue weighted by Crippen LogP contribution is 2.23. The van der Waals surface area contributed by atoms with Gasteiger partial charge >= 0.3 is 12.1 Å². The van der Waals surface area contributed by atoms with Gasteiger partial charge in [-0.05, 0) is 0 Å². The summed E-state index contributed by atoms with van der Waals surface area (Å²) in [5.74, 6) is -2.03. The van der Waals surface area contributed by atoms with Crippen molar-refractivity contribution in [3.63, 3.8) is 0 Å². The first-order chi connectivity index (χ1) is 6.12. The molecular weight excluding hydrogens is 225 g/mol. The number of sulfonamides is 1. The van der Waals surface area contributed by atoms with Crippen LogP contribution in [0.25, 0.3) is 0 Å². The zero-order valence-corrected chi connectivity index (χ0v) is 7.60. The second kappa shape index (κ2) is 3.09. The van der Waals surface area contributed by atoms with Crippen molar-refractivity contribution in [1.82, 2.24) is 4.90 Å². The van der Waals surface area contributed by atoms with E-state index in [9.17, 15) is 26.4 Å². The second-order valence-corrected chi connectivity index (χ2v) is 4.76. The molecule has 1 heterocycles. The number of hydrogen-bond acceptors (Lipinski definition) is 3. The smallest absolute Gasteiger partial charge is 0.332 e. The molecule has 0 aliphatic carbocycles. The van der Waals surface area contributed by atoms with Gasteiger partial charge in [0.15, 0.2) is 0 Å². The molecule has 14 heavy (non-hydrogen) atoms. The van der Waals surface area contributed by atoms with Crippen LogP contribution in [0.4, 0.5) is 13.2 Å². The molecular formula is C5H7F3N2O3S. The number of nitrogens with two attached hydrogens (primary N) is 1. The van der Waals surface area contributed by atoms with Crippen LogP contribution in [0.5, 0.6) is 0 Å². The zero-order chi connectivity index (χ0) is 11.1. The summed E-state index contributed by atoms with van der Waals surface area (Å²) in [5, 5.41) is 3.59. The van der Waals surface area contributed by atoms with Gasteiger partial charge in [-0.1, -0.05) is 0 Å². The molecule has 0 saturated carbocycles. The van der Waals surface area contributed by atoms with Crippen LogP contribution in [-0.4, -0.2) is 43.7 Å². The lowest BCUT2D eigenvalue weighted by molar-refractivity contribution is -0.188. The van der Waals surface area contributed by atoms with Crippen LogP contribution >= 0.6 is 0 Å². The quantitative estimate of drug-likeness (QED) is 0.632. The monoisotopic (exact) mass is 232 g/mol. The van der Waals surface area contributed by atoms with Gasteiger partial charge in [0, 0.05) is 13.1 Å². The van der Waals surface area contributed by atoms with E-state index in [0.29, 0.717) is 4.90 Å². The summed E-state index contributed by atoms with van der Waals surface area (Å²) in [6, 6.07) is 0. The van der Waals surface area contributed by atoms with E-state index in [1.807, 2.05) is 0 Å². The summed E-state index contributed by atoms with van der Waals surface area (Å²) >= 11 is 0. The van der Waals surface area contributed by atoms with Crippen molar-refractivity contribution in [3.8, 4) is 0 Å². The van der Waals surface area contributed by atoms with Gasteiger partial charge in [-0.3, -0.25) is 4.79 Å². The molecule has 0 aromatic rings. The molecule has 1 rings (SSSR count). The number of nitrogens with zero attached hydrogens (tertiary/aromatic N) is 1. The lowest BCUT2D eigenvalue weighted by Crippen LogP contribution is -2.61. The first-order valence-corrected chi connectivity index (χ1v) is 5.11. The fourth-order valence-corrected chi connectivity index (χ4v) is 1.77. The SMILES string of the molecule is NS(=O)(=O)C1CN(C(=O)C(F)(F)F)C1. The van der Waals surface area contributed by atoms with Crippen LogP contribution in [0.1, 0.15) is 0 Å². The fourth-order valence-electron chi connectivity index (χ4n) is 0.991. The summed E-state index contributed by atoms with van der Waals surface area (Å²) in [4.78, 5) is 10.9. The predicted molar refractivity (Wildman–Crippen MR) is 39.5 cm³/mol. The van der Waals surface area contributed by atoms with Crippen molar-refractivity contribution in [3.05, 3.63) is 0 Å². The molecule has 1 fully saturated rings. The van der Waals surface area contributed by atoms with Crippen LogP contribution in [0.3, 0.4) is 0 Å². The lowest BCUT2D eigenvalue weighted by atomic mass is 10.2. The molecule has 0 aromatic heterocycles. The summed E-state index contributed by atoms with van der Waals surface area (Å²) in [6.45, 7) is -0.978. The summed E-state index contributed by atoms with van der Waals surface area (Å²) in [6.07, 6.45) is -4.96. The molecule has 1 amide bonds. The van der Waals surface area contributed by atoms with Crippen molar-refractivity contribution in [2.24, 2.45) is 5.14 Å². The molecule has 82 valence electrons. The summed E-state index contributed by atoms with van der Waals surface area (Å²) < 4.78 is 56.5. The highest BCUT2D eigenvalue weighted by atomic mass is 32.2.